The average Bonchev–Trinajstić information content (AvgIpc) is 3.55. The summed E-state index contributed by atoms with van der Waals surface area (Å²) in [6.45, 7) is 9.08. The first-order valence-corrected chi connectivity index (χ1v) is 15.5. The number of hydrogen-bond donors (Lipinski definition) is 3. The Balaban J connectivity index is 1.43. The number of ether oxygens (including phenoxy) is 2. The van der Waals surface area contributed by atoms with Crippen LogP contribution in [-0.4, -0.2) is 69.8 Å². The number of rotatable bonds is 9. The highest BCUT2D eigenvalue weighted by molar-refractivity contribution is 5.96. The van der Waals surface area contributed by atoms with E-state index in [0.29, 0.717) is 5.75 Å². The third kappa shape index (κ3) is 6.69. The molecule has 236 valence electrons. The van der Waals surface area contributed by atoms with Gasteiger partial charge >= 0.3 is 12.1 Å². The molecule has 5 atom stereocenters. The lowest BCUT2D eigenvalue weighted by Gasteiger charge is -2.35. The summed E-state index contributed by atoms with van der Waals surface area (Å²) in [5.74, 6) is -1.98. The van der Waals surface area contributed by atoms with Crippen molar-refractivity contribution in [1.29, 1.82) is 0 Å². The zero-order chi connectivity index (χ0) is 31.6. The SMILES string of the molecule is C=CC1CC1(NC(=O)C1CC(Oc2cccc3ccccc23)CN1C(=O)C(NC(=O)OC(C)(C)C)C1CCCCC1)C(=O)O. The molecular formula is C34H43N3O7. The van der Waals surface area contributed by atoms with Gasteiger partial charge in [-0.05, 0) is 57.4 Å². The van der Waals surface area contributed by atoms with Gasteiger partial charge in [-0.1, -0.05) is 61.7 Å². The molecule has 44 heavy (non-hydrogen) atoms. The molecule has 1 aliphatic heterocycles. The van der Waals surface area contributed by atoms with Gasteiger partial charge < -0.3 is 30.1 Å². The smallest absolute Gasteiger partial charge is 0.408 e. The van der Waals surface area contributed by atoms with Crippen molar-refractivity contribution in [1.82, 2.24) is 15.5 Å². The molecule has 3 amide bonds. The number of nitrogens with zero attached hydrogens (tertiary/aromatic N) is 1. The van der Waals surface area contributed by atoms with Crippen LogP contribution in [0.1, 0.15) is 65.7 Å². The van der Waals surface area contributed by atoms with Gasteiger partial charge in [0.25, 0.3) is 0 Å². The number of benzene rings is 2. The van der Waals surface area contributed by atoms with E-state index in [1.165, 1.54) is 11.0 Å². The van der Waals surface area contributed by atoms with Crippen LogP contribution in [0.2, 0.25) is 0 Å². The molecule has 0 radical (unpaired) electrons. The summed E-state index contributed by atoms with van der Waals surface area (Å²) in [5.41, 5.74) is -2.20. The number of alkyl carbamates (subject to hydrolysis) is 1. The largest absolute Gasteiger partial charge is 0.488 e. The number of carbonyl (C=O) groups excluding carboxylic acids is 3. The molecule has 0 bridgehead atoms. The Hall–Kier alpha value is -4.08. The summed E-state index contributed by atoms with van der Waals surface area (Å²) in [6, 6.07) is 11.6. The zero-order valence-corrected chi connectivity index (χ0v) is 25.7. The molecule has 2 aliphatic carbocycles. The number of fused-ring (bicyclic) bond motifs is 1. The molecular weight excluding hydrogens is 562 g/mol. The molecule has 2 saturated carbocycles. The predicted octanol–water partition coefficient (Wildman–Crippen LogP) is 4.81. The van der Waals surface area contributed by atoms with Crippen LogP contribution in [0.3, 0.4) is 0 Å². The van der Waals surface area contributed by atoms with E-state index < -0.39 is 59.1 Å². The van der Waals surface area contributed by atoms with Gasteiger partial charge in [-0.25, -0.2) is 9.59 Å². The first kappa shape index (κ1) is 31.3. The highest BCUT2D eigenvalue weighted by Gasteiger charge is 2.61. The van der Waals surface area contributed by atoms with Crippen LogP contribution < -0.4 is 15.4 Å². The summed E-state index contributed by atoms with van der Waals surface area (Å²) in [5, 5.41) is 17.4. The van der Waals surface area contributed by atoms with Gasteiger partial charge in [0.2, 0.25) is 11.8 Å². The van der Waals surface area contributed by atoms with Crippen molar-refractivity contribution in [2.75, 3.05) is 6.54 Å². The first-order valence-electron chi connectivity index (χ1n) is 15.5. The maximum Gasteiger partial charge on any atom is 0.408 e. The monoisotopic (exact) mass is 605 g/mol. The van der Waals surface area contributed by atoms with Gasteiger partial charge in [0.1, 0.15) is 35.1 Å². The molecule has 5 rings (SSSR count). The van der Waals surface area contributed by atoms with Gasteiger partial charge in [-0.15, -0.1) is 6.58 Å². The maximum atomic E-state index is 14.4. The molecule has 2 aromatic rings. The second-order valence-corrected chi connectivity index (χ2v) is 13.3. The van der Waals surface area contributed by atoms with Crippen LogP contribution in [0.4, 0.5) is 4.79 Å². The van der Waals surface area contributed by atoms with Gasteiger partial charge in [0, 0.05) is 17.7 Å². The Bertz CT molecular complexity index is 1420. The Kier molecular flexibility index (Phi) is 8.90. The number of amides is 3. The molecule has 0 spiro atoms. The summed E-state index contributed by atoms with van der Waals surface area (Å²) in [6.07, 6.45) is 5.15. The van der Waals surface area contributed by atoms with Crippen LogP contribution in [0.5, 0.6) is 5.75 Å². The molecule has 3 N–H and O–H groups in total. The van der Waals surface area contributed by atoms with E-state index in [2.05, 4.69) is 17.2 Å². The second-order valence-electron chi connectivity index (χ2n) is 13.3. The second kappa shape index (κ2) is 12.5. The number of likely N-dealkylation sites (tertiary alicyclic amines) is 1. The Labute approximate surface area is 258 Å². The minimum atomic E-state index is -1.44. The van der Waals surface area contributed by atoms with E-state index in [4.69, 9.17) is 9.47 Å². The Morgan fingerprint density at radius 3 is 2.43 bits per heavy atom. The van der Waals surface area contributed by atoms with E-state index in [-0.39, 0.29) is 25.3 Å². The molecule has 10 heteroatoms. The van der Waals surface area contributed by atoms with Gasteiger partial charge in [-0.3, -0.25) is 9.59 Å². The van der Waals surface area contributed by atoms with Crippen LogP contribution in [0.15, 0.2) is 55.1 Å². The molecule has 3 fully saturated rings. The molecule has 10 nitrogen and oxygen atoms in total. The van der Waals surface area contributed by atoms with E-state index in [1.54, 1.807) is 20.8 Å². The van der Waals surface area contributed by atoms with E-state index in [1.807, 2.05) is 42.5 Å². The van der Waals surface area contributed by atoms with E-state index in [9.17, 15) is 24.3 Å². The molecule has 2 aromatic carbocycles. The number of nitrogens with one attached hydrogen (secondary N) is 2. The first-order chi connectivity index (χ1) is 20.9. The van der Waals surface area contributed by atoms with Crippen molar-refractivity contribution in [3.63, 3.8) is 0 Å². The van der Waals surface area contributed by atoms with Crippen molar-refractivity contribution in [3.8, 4) is 5.75 Å². The zero-order valence-electron chi connectivity index (χ0n) is 25.7. The Morgan fingerprint density at radius 2 is 1.77 bits per heavy atom. The van der Waals surface area contributed by atoms with Crippen LogP contribution >= 0.6 is 0 Å². The molecule has 5 unspecified atom stereocenters. The lowest BCUT2D eigenvalue weighted by atomic mass is 9.83. The number of carbonyl (C=O) groups is 4. The summed E-state index contributed by atoms with van der Waals surface area (Å²) >= 11 is 0. The topological polar surface area (TPSA) is 134 Å². The summed E-state index contributed by atoms with van der Waals surface area (Å²) < 4.78 is 12.0. The van der Waals surface area contributed by atoms with Crippen molar-refractivity contribution in [2.45, 2.75) is 95.0 Å². The van der Waals surface area contributed by atoms with Crippen molar-refractivity contribution in [2.24, 2.45) is 11.8 Å². The van der Waals surface area contributed by atoms with Crippen molar-refractivity contribution >= 4 is 34.6 Å². The number of carboxylic acid groups (broad SMARTS) is 1. The fourth-order valence-electron chi connectivity index (χ4n) is 6.63. The van der Waals surface area contributed by atoms with Crippen LogP contribution in [0.25, 0.3) is 10.8 Å². The van der Waals surface area contributed by atoms with E-state index >= 15 is 0 Å². The average molecular weight is 606 g/mol. The van der Waals surface area contributed by atoms with Crippen LogP contribution in [0, 0.1) is 11.8 Å². The highest BCUT2D eigenvalue weighted by atomic mass is 16.6. The predicted molar refractivity (Wildman–Crippen MR) is 165 cm³/mol. The lowest BCUT2D eigenvalue weighted by Crippen LogP contribution is -2.58. The summed E-state index contributed by atoms with van der Waals surface area (Å²) in [7, 11) is 0. The lowest BCUT2D eigenvalue weighted by molar-refractivity contribution is -0.146. The number of hydrogen-bond acceptors (Lipinski definition) is 6. The maximum absolute atomic E-state index is 14.4. The third-order valence-corrected chi connectivity index (χ3v) is 8.98. The standard InChI is InChI=1S/C34H43N3O7/c1-5-23-19-34(23,31(40)41)36-29(38)26-18-24(43-27-17-11-15-21-12-9-10-16-25(21)27)20-37(26)30(39)28(22-13-7-6-8-14-22)35-32(42)44-33(2,3)4/h5,9-12,15-17,22-24,26,28H,1,6-8,13-14,18-20H2,2-4H3,(H,35,42)(H,36,38)(H,40,41). The Morgan fingerprint density at radius 1 is 1.07 bits per heavy atom. The van der Waals surface area contributed by atoms with Crippen LogP contribution in [-0.2, 0) is 19.1 Å². The summed E-state index contributed by atoms with van der Waals surface area (Å²) in [4.78, 5) is 54.8. The van der Waals surface area contributed by atoms with Gasteiger partial charge in [0.05, 0.1) is 6.54 Å². The molecule has 1 heterocycles. The van der Waals surface area contributed by atoms with Crippen molar-refractivity contribution < 1.29 is 33.8 Å². The highest BCUT2D eigenvalue weighted by Crippen LogP contribution is 2.45. The molecule has 3 aliphatic rings. The normalized spacial score (nSPS) is 26.0. The fourth-order valence-corrected chi connectivity index (χ4v) is 6.63. The number of carboxylic acids is 1. The molecule has 1 saturated heterocycles. The van der Waals surface area contributed by atoms with Gasteiger partial charge in [-0.2, -0.15) is 0 Å². The van der Waals surface area contributed by atoms with Gasteiger partial charge in [0.15, 0.2) is 0 Å². The van der Waals surface area contributed by atoms with Crippen molar-refractivity contribution in [3.05, 3.63) is 55.1 Å². The fraction of sp³-hybridized carbons (Fsp3) is 0.529. The quantitative estimate of drug-likeness (QED) is 0.350. The van der Waals surface area contributed by atoms with E-state index in [0.717, 1.165) is 42.9 Å². The minimum absolute atomic E-state index is 0.102. The number of aliphatic carboxylic acids is 1. The third-order valence-electron chi connectivity index (χ3n) is 8.98. The minimum Gasteiger partial charge on any atom is -0.488 e. The molecule has 0 aromatic heterocycles.